The molecule has 0 amide bonds. The number of phenols is 1. The number of allylic oxidation sites excluding steroid dienone is 1. The van der Waals surface area contributed by atoms with Crippen molar-refractivity contribution in [1.82, 2.24) is 0 Å². The van der Waals surface area contributed by atoms with E-state index in [1.54, 1.807) is 19.1 Å². The SMILES string of the molecule is COc1cc(O)c2c(c1)/C=C\CCCC(=O)CCC(C)OC2=O. The zero-order chi connectivity index (χ0) is 16.8. The summed E-state index contributed by atoms with van der Waals surface area (Å²) in [5.74, 6) is -0.120. The summed E-state index contributed by atoms with van der Waals surface area (Å²) in [6.45, 7) is 1.75. The molecule has 0 fully saturated rings. The fourth-order valence-electron chi connectivity index (χ4n) is 2.51. The van der Waals surface area contributed by atoms with E-state index >= 15 is 0 Å². The minimum absolute atomic E-state index is 0.125. The number of esters is 1. The van der Waals surface area contributed by atoms with Gasteiger partial charge < -0.3 is 14.6 Å². The van der Waals surface area contributed by atoms with Crippen molar-refractivity contribution in [3.05, 3.63) is 29.3 Å². The summed E-state index contributed by atoms with van der Waals surface area (Å²) in [5, 5.41) is 10.2. The highest BCUT2D eigenvalue weighted by atomic mass is 16.5. The molecule has 124 valence electrons. The number of benzene rings is 1. The summed E-state index contributed by atoms with van der Waals surface area (Å²) in [6, 6.07) is 3.07. The molecule has 1 N–H and O–H groups in total. The molecule has 0 radical (unpaired) electrons. The molecule has 1 aromatic rings. The minimum Gasteiger partial charge on any atom is -0.507 e. The fourth-order valence-corrected chi connectivity index (χ4v) is 2.51. The number of methoxy groups -OCH3 is 1. The predicted octanol–water partition coefficient (Wildman–Crippen LogP) is 3.49. The smallest absolute Gasteiger partial charge is 0.342 e. The fraction of sp³-hybridized carbons (Fsp3) is 0.444. The number of carbonyl (C=O) groups excluding carboxylic acids is 2. The van der Waals surface area contributed by atoms with Gasteiger partial charge in [0.2, 0.25) is 0 Å². The minimum atomic E-state index is -0.594. The van der Waals surface area contributed by atoms with Crippen LogP contribution in [-0.4, -0.2) is 30.1 Å². The summed E-state index contributed by atoms with van der Waals surface area (Å²) in [6.07, 6.45) is 6.18. The number of ether oxygens (including phenoxy) is 2. The lowest BCUT2D eigenvalue weighted by Crippen LogP contribution is -2.17. The van der Waals surface area contributed by atoms with Gasteiger partial charge in [0.05, 0.1) is 13.2 Å². The van der Waals surface area contributed by atoms with Gasteiger partial charge in [-0.15, -0.1) is 0 Å². The van der Waals surface area contributed by atoms with Crippen molar-refractivity contribution in [2.24, 2.45) is 0 Å². The van der Waals surface area contributed by atoms with Crippen LogP contribution in [0.25, 0.3) is 6.08 Å². The summed E-state index contributed by atoms with van der Waals surface area (Å²) < 4.78 is 10.5. The van der Waals surface area contributed by atoms with Gasteiger partial charge in [-0.1, -0.05) is 12.2 Å². The summed E-state index contributed by atoms with van der Waals surface area (Å²) in [7, 11) is 1.50. The number of aromatic hydroxyl groups is 1. The lowest BCUT2D eigenvalue weighted by Gasteiger charge is -2.15. The first-order chi connectivity index (χ1) is 11.0. The first-order valence-electron chi connectivity index (χ1n) is 7.81. The van der Waals surface area contributed by atoms with Gasteiger partial charge in [0.15, 0.2) is 0 Å². The van der Waals surface area contributed by atoms with Gasteiger partial charge in [0.1, 0.15) is 22.8 Å². The number of Topliss-reactive ketones (excluding diaryl/α,β-unsaturated/α-hetero) is 1. The Morgan fingerprint density at radius 2 is 2.04 bits per heavy atom. The van der Waals surface area contributed by atoms with Crippen molar-refractivity contribution in [3.8, 4) is 11.5 Å². The van der Waals surface area contributed by atoms with Crippen LogP contribution in [0.3, 0.4) is 0 Å². The van der Waals surface area contributed by atoms with E-state index < -0.39 is 5.97 Å². The van der Waals surface area contributed by atoms with E-state index in [1.807, 2.05) is 6.08 Å². The maximum absolute atomic E-state index is 12.4. The quantitative estimate of drug-likeness (QED) is 0.802. The van der Waals surface area contributed by atoms with E-state index in [1.165, 1.54) is 13.2 Å². The summed E-state index contributed by atoms with van der Waals surface area (Å²) in [5.41, 5.74) is 0.670. The third-order valence-corrected chi connectivity index (χ3v) is 3.82. The third kappa shape index (κ3) is 4.58. The Balaban J connectivity index is 2.38. The molecule has 0 bridgehead atoms. The number of hydrogen-bond donors (Lipinski definition) is 1. The molecule has 1 aliphatic heterocycles. The highest BCUT2D eigenvalue weighted by Gasteiger charge is 2.21. The predicted molar refractivity (Wildman–Crippen MR) is 86.7 cm³/mol. The zero-order valence-corrected chi connectivity index (χ0v) is 13.5. The van der Waals surface area contributed by atoms with Gasteiger partial charge in [-0.3, -0.25) is 4.79 Å². The average Bonchev–Trinajstić information content (AvgIpc) is 2.52. The Kier molecular flexibility index (Phi) is 5.79. The van der Waals surface area contributed by atoms with Crippen molar-refractivity contribution in [2.75, 3.05) is 7.11 Å². The Hall–Kier alpha value is -2.30. The number of carbonyl (C=O) groups is 2. The molecule has 23 heavy (non-hydrogen) atoms. The standard InChI is InChI=1S/C18H22O5/c1-12-8-9-14(19)7-5-3-4-6-13-10-15(22-2)11-16(20)17(13)18(21)23-12/h4,6,10-12,20H,3,5,7-9H2,1-2H3/b6-4-. The monoisotopic (exact) mass is 318 g/mol. The van der Waals surface area contributed by atoms with Crippen LogP contribution in [0.15, 0.2) is 18.2 Å². The largest absolute Gasteiger partial charge is 0.507 e. The van der Waals surface area contributed by atoms with E-state index in [9.17, 15) is 14.7 Å². The van der Waals surface area contributed by atoms with Crippen molar-refractivity contribution in [1.29, 1.82) is 0 Å². The van der Waals surface area contributed by atoms with Gasteiger partial charge in [0, 0.05) is 18.9 Å². The first kappa shape index (κ1) is 17.1. The van der Waals surface area contributed by atoms with E-state index in [0.29, 0.717) is 30.6 Å². The lowest BCUT2D eigenvalue weighted by molar-refractivity contribution is -0.119. The number of ketones is 1. The molecule has 0 aromatic heterocycles. The molecule has 0 saturated carbocycles. The van der Waals surface area contributed by atoms with Crippen LogP contribution in [0.1, 0.15) is 54.9 Å². The van der Waals surface area contributed by atoms with Crippen LogP contribution in [0, 0.1) is 0 Å². The second-order valence-corrected chi connectivity index (χ2v) is 5.70. The molecular formula is C18H22O5. The van der Waals surface area contributed by atoms with Crippen molar-refractivity contribution < 1.29 is 24.2 Å². The zero-order valence-electron chi connectivity index (χ0n) is 13.5. The molecule has 5 heteroatoms. The Bertz CT molecular complexity index is 618. The highest BCUT2D eigenvalue weighted by molar-refractivity contribution is 5.97. The van der Waals surface area contributed by atoms with Gasteiger partial charge >= 0.3 is 5.97 Å². The molecule has 0 saturated heterocycles. The molecule has 2 rings (SSSR count). The van der Waals surface area contributed by atoms with Gasteiger partial charge in [0.25, 0.3) is 0 Å². The van der Waals surface area contributed by atoms with Crippen LogP contribution < -0.4 is 4.74 Å². The number of hydrogen-bond acceptors (Lipinski definition) is 5. The van der Waals surface area contributed by atoms with Crippen LogP contribution in [0.5, 0.6) is 11.5 Å². The van der Waals surface area contributed by atoms with Gasteiger partial charge in [-0.25, -0.2) is 4.79 Å². The van der Waals surface area contributed by atoms with Crippen molar-refractivity contribution in [2.45, 2.75) is 45.1 Å². The van der Waals surface area contributed by atoms with E-state index in [2.05, 4.69) is 0 Å². The number of phenolic OH excluding ortho intramolecular Hbond substituents is 1. The van der Waals surface area contributed by atoms with E-state index in [-0.39, 0.29) is 23.2 Å². The molecular weight excluding hydrogens is 296 g/mol. The normalized spacial score (nSPS) is 21.2. The van der Waals surface area contributed by atoms with Crippen molar-refractivity contribution in [3.63, 3.8) is 0 Å². The van der Waals surface area contributed by atoms with Gasteiger partial charge in [-0.05, 0) is 37.8 Å². The average molecular weight is 318 g/mol. The molecule has 1 aliphatic rings. The molecule has 1 unspecified atom stereocenters. The van der Waals surface area contributed by atoms with Crippen molar-refractivity contribution >= 4 is 17.8 Å². The Morgan fingerprint density at radius 3 is 2.78 bits per heavy atom. The van der Waals surface area contributed by atoms with Gasteiger partial charge in [-0.2, -0.15) is 0 Å². The Morgan fingerprint density at radius 1 is 1.26 bits per heavy atom. The summed E-state index contributed by atoms with van der Waals surface area (Å²) in [4.78, 5) is 24.1. The molecule has 0 aliphatic carbocycles. The third-order valence-electron chi connectivity index (χ3n) is 3.82. The number of fused-ring (bicyclic) bond motifs is 1. The van der Waals surface area contributed by atoms with Crippen LogP contribution in [-0.2, 0) is 9.53 Å². The van der Waals surface area contributed by atoms with E-state index in [4.69, 9.17) is 9.47 Å². The summed E-state index contributed by atoms with van der Waals surface area (Å²) >= 11 is 0. The highest BCUT2D eigenvalue weighted by Crippen LogP contribution is 2.30. The van der Waals surface area contributed by atoms with Crippen LogP contribution in [0.4, 0.5) is 0 Å². The molecule has 5 nitrogen and oxygen atoms in total. The lowest BCUT2D eigenvalue weighted by atomic mass is 10.0. The van der Waals surface area contributed by atoms with Crippen LogP contribution >= 0.6 is 0 Å². The second-order valence-electron chi connectivity index (χ2n) is 5.70. The molecule has 1 aromatic carbocycles. The van der Waals surface area contributed by atoms with E-state index in [0.717, 1.165) is 12.8 Å². The molecule has 1 atom stereocenters. The first-order valence-corrected chi connectivity index (χ1v) is 7.81. The number of rotatable bonds is 1. The molecule has 1 heterocycles. The maximum Gasteiger partial charge on any atom is 0.342 e. The van der Waals surface area contributed by atoms with Crippen LogP contribution in [0.2, 0.25) is 0 Å². The number of cyclic esters (lactones) is 1. The maximum atomic E-state index is 12.4. The molecule has 0 spiro atoms. The Labute approximate surface area is 135 Å². The second kappa shape index (κ2) is 7.81. The topological polar surface area (TPSA) is 72.8 Å².